The highest BCUT2D eigenvalue weighted by Crippen LogP contribution is 2.28. The van der Waals surface area contributed by atoms with Crippen molar-refractivity contribution in [3.8, 4) is 0 Å². The summed E-state index contributed by atoms with van der Waals surface area (Å²) in [6.07, 6.45) is 0.327. The molecule has 118 valence electrons. The van der Waals surface area contributed by atoms with Crippen LogP contribution in [0, 0.1) is 5.92 Å². The van der Waals surface area contributed by atoms with Gasteiger partial charge in [-0.05, 0) is 24.1 Å². The van der Waals surface area contributed by atoms with Gasteiger partial charge in [-0.3, -0.25) is 9.59 Å². The summed E-state index contributed by atoms with van der Waals surface area (Å²) in [6.45, 7) is 0. The molecule has 0 aliphatic heterocycles. The maximum absolute atomic E-state index is 12.2. The van der Waals surface area contributed by atoms with Gasteiger partial charge in [0.15, 0.2) is 5.78 Å². The van der Waals surface area contributed by atoms with E-state index in [0.29, 0.717) is 12.0 Å². The lowest BCUT2D eigenvalue weighted by Crippen LogP contribution is -2.32. The van der Waals surface area contributed by atoms with Crippen molar-refractivity contribution in [2.45, 2.75) is 17.7 Å². The first-order valence-corrected chi connectivity index (χ1v) is 8.68. The lowest BCUT2D eigenvalue weighted by Gasteiger charge is -2.09. The van der Waals surface area contributed by atoms with Crippen LogP contribution >= 0.6 is 0 Å². The monoisotopic (exact) mass is 329 g/mol. The molecular weight excluding hydrogens is 314 g/mol. The summed E-state index contributed by atoms with van der Waals surface area (Å²) in [4.78, 5) is 24.3. The fraction of sp³-hybridized carbons (Fsp3) is 0.176. The fourth-order valence-electron chi connectivity index (χ4n) is 2.76. The van der Waals surface area contributed by atoms with Crippen LogP contribution in [0.25, 0.3) is 0 Å². The molecule has 0 saturated heterocycles. The van der Waals surface area contributed by atoms with E-state index in [1.165, 1.54) is 12.1 Å². The van der Waals surface area contributed by atoms with Crippen LogP contribution in [0.1, 0.15) is 22.3 Å². The minimum absolute atomic E-state index is 0.0226. The molecule has 1 amide bonds. The number of amides is 1. The first kappa shape index (κ1) is 15.4. The van der Waals surface area contributed by atoms with Crippen molar-refractivity contribution in [2.24, 2.45) is 5.92 Å². The molecule has 0 radical (unpaired) electrons. The highest BCUT2D eigenvalue weighted by Gasteiger charge is 2.32. The predicted molar refractivity (Wildman–Crippen MR) is 84.4 cm³/mol. The van der Waals surface area contributed by atoms with Crippen LogP contribution in [0.4, 0.5) is 0 Å². The molecule has 0 bridgehead atoms. The van der Waals surface area contributed by atoms with E-state index in [1.54, 1.807) is 30.3 Å². The van der Waals surface area contributed by atoms with Crippen molar-refractivity contribution < 1.29 is 18.0 Å². The van der Waals surface area contributed by atoms with Gasteiger partial charge in [-0.25, -0.2) is 13.1 Å². The molecule has 0 saturated carbocycles. The van der Waals surface area contributed by atoms with E-state index in [9.17, 15) is 18.0 Å². The summed E-state index contributed by atoms with van der Waals surface area (Å²) in [5.41, 5.74) is 1.53. The second-order valence-electron chi connectivity index (χ2n) is 5.47. The molecule has 0 aromatic heterocycles. The first-order chi connectivity index (χ1) is 11.0. The highest BCUT2D eigenvalue weighted by atomic mass is 32.2. The lowest BCUT2D eigenvalue weighted by molar-refractivity contribution is -0.120. The highest BCUT2D eigenvalue weighted by molar-refractivity contribution is 7.90. The zero-order valence-electron chi connectivity index (χ0n) is 12.2. The summed E-state index contributed by atoms with van der Waals surface area (Å²) in [5, 5.41) is 0. The summed E-state index contributed by atoms with van der Waals surface area (Å²) >= 11 is 0. The fourth-order valence-corrected chi connectivity index (χ4v) is 3.77. The van der Waals surface area contributed by atoms with Crippen molar-refractivity contribution in [2.75, 3.05) is 0 Å². The topological polar surface area (TPSA) is 80.3 Å². The van der Waals surface area contributed by atoms with Crippen molar-refractivity contribution in [3.63, 3.8) is 0 Å². The summed E-state index contributed by atoms with van der Waals surface area (Å²) < 4.78 is 26.2. The molecular formula is C17H15NO4S. The summed E-state index contributed by atoms with van der Waals surface area (Å²) in [7, 11) is -3.90. The average molecular weight is 329 g/mol. The van der Waals surface area contributed by atoms with Crippen LogP contribution in [0.2, 0.25) is 0 Å². The Morgan fingerprint density at radius 1 is 1.04 bits per heavy atom. The number of rotatable bonds is 4. The van der Waals surface area contributed by atoms with E-state index < -0.39 is 21.8 Å². The third-order valence-corrected chi connectivity index (χ3v) is 5.24. The third-order valence-electron chi connectivity index (χ3n) is 3.85. The van der Waals surface area contributed by atoms with Gasteiger partial charge in [0.05, 0.1) is 4.90 Å². The number of carbonyl (C=O) groups is 2. The molecule has 1 atom stereocenters. The molecule has 1 aliphatic carbocycles. The number of hydrogen-bond donors (Lipinski definition) is 1. The second-order valence-corrected chi connectivity index (χ2v) is 7.15. The van der Waals surface area contributed by atoms with Gasteiger partial charge in [0.1, 0.15) is 0 Å². The van der Waals surface area contributed by atoms with Crippen LogP contribution in [-0.4, -0.2) is 20.1 Å². The number of ketones is 1. The van der Waals surface area contributed by atoms with E-state index in [4.69, 9.17) is 0 Å². The van der Waals surface area contributed by atoms with Gasteiger partial charge in [0, 0.05) is 17.9 Å². The van der Waals surface area contributed by atoms with Gasteiger partial charge in [0.2, 0.25) is 5.91 Å². The maximum atomic E-state index is 12.2. The Bertz CT molecular complexity index is 859. The maximum Gasteiger partial charge on any atom is 0.264 e. The largest absolute Gasteiger partial charge is 0.294 e. The van der Waals surface area contributed by atoms with Gasteiger partial charge in [-0.15, -0.1) is 0 Å². The van der Waals surface area contributed by atoms with Crippen LogP contribution in [-0.2, 0) is 21.2 Å². The standard InChI is InChI=1S/C17H15NO4S/c19-16(18-23(21,22)14-7-2-1-3-8-14)11-13-10-12-6-4-5-9-15(12)17(13)20/h1-9,13H,10-11H2,(H,18,19). The van der Waals surface area contributed by atoms with E-state index in [1.807, 2.05) is 16.9 Å². The van der Waals surface area contributed by atoms with E-state index in [2.05, 4.69) is 0 Å². The molecule has 2 aromatic rings. The summed E-state index contributed by atoms with van der Waals surface area (Å²) in [5.74, 6) is -1.27. The summed E-state index contributed by atoms with van der Waals surface area (Å²) in [6, 6.07) is 14.9. The van der Waals surface area contributed by atoms with Crippen molar-refractivity contribution >= 4 is 21.7 Å². The van der Waals surface area contributed by atoms with Gasteiger partial charge in [-0.1, -0.05) is 42.5 Å². The van der Waals surface area contributed by atoms with Crippen molar-refractivity contribution in [1.82, 2.24) is 4.72 Å². The molecule has 1 unspecified atom stereocenters. The Morgan fingerprint density at radius 2 is 1.70 bits per heavy atom. The number of benzene rings is 2. The third kappa shape index (κ3) is 3.17. The van der Waals surface area contributed by atoms with Crippen LogP contribution < -0.4 is 4.72 Å². The number of nitrogens with one attached hydrogen (secondary N) is 1. The van der Waals surface area contributed by atoms with Crippen LogP contribution in [0.15, 0.2) is 59.5 Å². The number of hydrogen-bond acceptors (Lipinski definition) is 4. The molecule has 0 spiro atoms. The van der Waals surface area contributed by atoms with Gasteiger partial charge < -0.3 is 0 Å². The number of sulfonamides is 1. The second kappa shape index (κ2) is 5.96. The van der Waals surface area contributed by atoms with E-state index >= 15 is 0 Å². The van der Waals surface area contributed by atoms with Crippen LogP contribution in [0.5, 0.6) is 0 Å². The quantitative estimate of drug-likeness (QED) is 0.929. The molecule has 1 aliphatic rings. The number of fused-ring (bicyclic) bond motifs is 1. The predicted octanol–water partition coefficient (Wildman–Crippen LogP) is 1.94. The molecule has 5 nitrogen and oxygen atoms in total. The molecule has 6 heteroatoms. The van der Waals surface area contributed by atoms with Gasteiger partial charge in [0.25, 0.3) is 10.0 Å². The Morgan fingerprint density at radius 3 is 2.39 bits per heavy atom. The zero-order valence-corrected chi connectivity index (χ0v) is 13.0. The Labute approximate surface area is 134 Å². The minimum Gasteiger partial charge on any atom is -0.294 e. The number of carbonyl (C=O) groups excluding carboxylic acids is 2. The van der Waals surface area contributed by atoms with E-state index in [-0.39, 0.29) is 17.1 Å². The lowest BCUT2D eigenvalue weighted by atomic mass is 10.0. The normalized spacial score (nSPS) is 16.9. The van der Waals surface area contributed by atoms with Gasteiger partial charge in [-0.2, -0.15) is 0 Å². The minimum atomic E-state index is -3.90. The van der Waals surface area contributed by atoms with Crippen molar-refractivity contribution in [3.05, 3.63) is 65.7 Å². The number of Topliss-reactive ketones (excluding diaryl/α,β-unsaturated/α-hetero) is 1. The van der Waals surface area contributed by atoms with E-state index in [0.717, 1.165) is 5.56 Å². The Hall–Kier alpha value is -2.47. The van der Waals surface area contributed by atoms with Crippen LogP contribution in [0.3, 0.4) is 0 Å². The molecule has 0 heterocycles. The Balaban J connectivity index is 1.69. The molecule has 23 heavy (non-hydrogen) atoms. The molecule has 3 rings (SSSR count). The first-order valence-electron chi connectivity index (χ1n) is 7.20. The molecule has 2 aromatic carbocycles. The molecule has 0 fully saturated rings. The van der Waals surface area contributed by atoms with Crippen molar-refractivity contribution in [1.29, 1.82) is 0 Å². The molecule has 1 N–H and O–H groups in total. The zero-order chi connectivity index (χ0) is 16.4. The Kier molecular flexibility index (Phi) is 4.00. The average Bonchev–Trinajstić information content (AvgIpc) is 2.84. The SMILES string of the molecule is O=C(CC1Cc2ccccc2C1=O)NS(=O)(=O)c1ccccc1. The smallest absolute Gasteiger partial charge is 0.264 e. The van der Waals surface area contributed by atoms with Gasteiger partial charge >= 0.3 is 0 Å².